The van der Waals surface area contributed by atoms with Gasteiger partial charge in [-0.3, -0.25) is 14.4 Å². The van der Waals surface area contributed by atoms with E-state index >= 15 is 0 Å². The summed E-state index contributed by atoms with van der Waals surface area (Å²) in [4.78, 5) is 36.3. The fourth-order valence-electron chi connectivity index (χ4n) is 1.71. The number of carboxylic acid groups (broad SMARTS) is 1. The van der Waals surface area contributed by atoms with Gasteiger partial charge in [0, 0.05) is 11.1 Å². The summed E-state index contributed by atoms with van der Waals surface area (Å²) in [6.07, 6.45) is 2.04. The van der Waals surface area contributed by atoms with E-state index in [1.807, 2.05) is 6.92 Å². The highest BCUT2D eigenvalue weighted by Gasteiger charge is 2.40. The van der Waals surface area contributed by atoms with Crippen molar-refractivity contribution in [3.8, 4) is 0 Å². The highest BCUT2D eigenvalue weighted by Crippen LogP contribution is 2.46. The number of H-pyrrole nitrogens is 1. The van der Waals surface area contributed by atoms with Crippen molar-refractivity contribution in [2.45, 2.75) is 25.2 Å². The van der Waals surface area contributed by atoms with Gasteiger partial charge in [0.2, 0.25) is 0 Å². The molecule has 0 radical (unpaired) electrons. The lowest BCUT2D eigenvalue weighted by Crippen LogP contribution is -2.33. The number of amides is 1. The molecule has 0 aliphatic heterocycles. The zero-order chi connectivity index (χ0) is 13.3. The molecule has 1 aromatic rings. The van der Waals surface area contributed by atoms with Gasteiger partial charge in [0.15, 0.2) is 0 Å². The minimum absolute atomic E-state index is 0.0230. The summed E-state index contributed by atoms with van der Waals surface area (Å²) in [6.45, 7) is 1.54. The van der Waals surface area contributed by atoms with E-state index in [0.29, 0.717) is 0 Å². The molecule has 18 heavy (non-hydrogen) atoms. The van der Waals surface area contributed by atoms with E-state index < -0.39 is 24.0 Å². The predicted molar refractivity (Wildman–Crippen MR) is 63.6 cm³/mol. The molecule has 3 N–H and O–H groups in total. The van der Waals surface area contributed by atoms with E-state index in [1.54, 1.807) is 6.07 Å². The molecule has 1 aliphatic rings. The molecule has 0 saturated heterocycles. The van der Waals surface area contributed by atoms with Crippen LogP contribution in [0.15, 0.2) is 16.9 Å². The van der Waals surface area contributed by atoms with Crippen LogP contribution < -0.4 is 10.9 Å². The zero-order valence-corrected chi connectivity index (χ0v) is 9.95. The van der Waals surface area contributed by atoms with Crippen LogP contribution in [-0.4, -0.2) is 28.5 Å². The molecule has 1 aromatic heterocycles. The third kappa shape index (κ3) is 2.42. The number of aromatic nitrogens is 1. The summed E-state index contributed by atoms with van der Waals surface area (Å²) in [5.74, 6) is -1.83. The lowest BCUT2D eigenvalue weighted by Gasteiger charge is -2.09. The monoisotopic (exact) mass is 250 g/mol. The van der Waals surface area contributed by atoms with Crippen molar-refractivity contribution < 1.29 is 14.7 Å². The molecule has 1 saturated carbocycles. The summed E-state index contributed by atoms with van der Waals surface area (Å²) in [6, 6.07) is 3.15. The number of aromatic amines is 1. The summed E-state index contributed by atoms with van der Waals surface area (Å²) < 4.78 is 0. The standard InChI is InChI=1S/C12H14N2O4/c1-12(4-5-12)8-3-2-7(11(18)14-8)10(17)13-6-9(15)16/h2-3H,4-6H2,1H3,(H,13,17)(H,14,18)(H,15,16). The Morgan fingerprint density at radius 2 is 2.11 bits per heavy atom. The van der Waals surface area contributed by atoms with Crippen LogP contribution in [0.5, 0.6) is 0 Å². The number of carbonyl (C=O) groups is 2. The first-order valence-corrected chi connectivity index (χ1v) is 5.66. The Morgan fingerprint density at radius 3 is 2.61 bits per heavy atom. The van der Waals surface area contributed by atoms with Crippen LogP contribution >= 0.6 is 0 Å². The van der Waals surface area contributed by atoms with Gasteiger partial charge in [-0.1, -0.05) is 6.92 Å². The smallest absolute Gasteiger partial charge is 0.322 e. The molecule has 1 aliphatic carbocycles. The number of carbonyl (C=O) groups excluding carboxylic acids is 1. The third-order valence-electron chi connectivity index (χ3n) is 3.20. The Kier molecular flexibility index (Phi) is 2.94. The van der Waals surface area contributed by atoms with Gasteiger partial charge >= 0.3 is 5.97 Å². The van der Waals surface area contributed by atoms with E-state index in [2.05, 4.69) is 10.3 Å². The van der Waals surface area contributed by atoms with Gasteiger partial charge in [0.05, 0.1) is 0 Å². The van der Waals surface area contributed by atoms with Gasteiger partial charge in [-0.05, 0) is 25.0 Å². The van der Waals surface area contributed by atoms with E-state index in [4.69, 9.17) is 5.11 Å². The van der Waals surface area contributed by atoms with E-state index in [1.165, 1.54) is 6.07 Å². The van der Waals surface area contributed by atoms with Crippen molar-refractivity contribution >= 4 is 11.9 Å². The van der Waals surface area contributed by atoms with Crippen molar-refractivity contribution in [3.05, 3.63) is 33.7 Å². The molecule has 6 heteroatoms. The van der Waals surface area contributed by atoms with Crippen LogP contribution in [0, 0.1) is 0 Å². The molecule has 0 bridgehead atoms. The van der Waals surface area contributed by atoms with Crippen molar-refractivity contribution in [3.63, 3.8) is 0 Å². The molecule has 6 nitrogen and oxygen atoms in total. The number of aliphatic carboxylic acids is 1. The highest BCUT2D eigenvalue weighted by atomic mass is 16.4. The molecule has 1 fully saturated rings. The molecule has 0 spiro atoms. The Labute approximate surface area is 103 Å². The van der Waals surface area contributed by atoms with Crippen molar-refractivity contribution in [2.24, 2.45) is 0 Å². The maximum Gasteiger partial charge on any atom is 0.322 e. The van der Waals surface area contributed by atoms with Crippen LogP contribution in [0.25, 0.3) is 0 Å². The first-order chi connectivity index (χ1) is 8.42. The number of carboxylic acids is 1. The molecular weight excluding hydrogens is 236 g/mol. The van der Waals surface area contributed by atoms with Gasteiger partial charge in [0.25, 0.3) is 11.5 Å². The lowest BCUT2D eigenvalue weighted by molar-refractivity contribution is -0.135. The number of hydrogen-bond acceptors (Lipinski definition) is 3. The van der Waals surface area contributed by atoms with E-state index in [-0.39, 0.29) is 11.0 Å². The van der Waals surface area contributed by atoms with Crippen LogP contribution in [0.1, 0.15) is 35.8 Å². The third-order valence-corrected chi connectivity index (χ3v) is 3.20. The van der Waals surface area contributed by atoms with Gasteiger partial charge < -0.3 is 15.4 Å². The number of hydrogen-bond donors (Lipinski definition) is 3. The summed E-state index contributed by atoms with van der Waals surface area (Å²) in [7, 11) is 0. The zero-order valence-electron chi connectivity index (χ0n) is 9.95. The van der Waals surface area contributed by atoms with Gasteiger partial charge in [-0.2, -0.15) is 0 Å². The quantitative estimate of drug-likeness (QED) is 0.712. The second kappa shape index (κ2) is 4.29. The molecule has 0 aromatic carbocycles. The molecule has 0 unspecified atom stereocenters. The molecular formula is C12H14N2O4. The molecule has 1 heterocycles. The first kappa shape index (κ1) is 12.3. The Balaban J connectivity index is 2.17. The average molecular weight is 250 g/mol. The van der Waals surface area contributed by atoms with E-state index in [9.17, 15) is 14.4 Å². The number of nitrogens with one attached hydrogen (secondary N) is 2. The van der Waals surface area contributed by atoms with Gasteiger partial charge in [-0.25, -0.2) is 0 Å². The van der Waals surface area contributed by atoms with Crippen molar-refractivity contribution in [1.29, 1.82) is 0 Å². The summed E-state index contributed by atoms with van der Waals surface area (Å²) in [5, 5.41) is 10.6. The number of rotatable bonds is 4. The highest BCUT2D eigenvalue weighted by molar-refractivity contribution is 5.95. The fourth-order valence-corrected chi connectivity index (χ4v) is 1.71. The average Bonchev–Trinajstić information content (AvgIpc) is 3.05. The molecule has 96 valence electrons. The second-order valence-corrected chi connectivity index (χ2v) is 4.75. The van der Waals surface area contributed by atoms with Crippen molar-refractivity contribution in [2.75, 3.05) is 6.54 Å². The molecule has 1 amide bonds. The van der Waals surface area contributed by atoms with Gasteiger partial charge in [-0.15, -0.1) is 0 Å². The van der Waals surface area contributed by atoms with Crippen LogP contribution in [0.2, 0.25) is 0 Å². The molecule has 0 atom stereocenters. The van der Waals surface area contributed by atoms with Crippen LogP contribution in [-0.2, 0) is 10.2 Å². The van der Waals surface area contributed by atoms with Crippen LogP contribution in [0.3, 0.4) is 0 Å². The maximum absolute atomic E-state index is 11.7. The normalized spacial score (nSPS) is 16.1. The first-order valence-electron chi connectivity index (χ1n) is 5.66. The van der Waals surface area contributed by atoms with Crippen molar-refractivity contribution in [1.82, 2.24) is 10.3 Å². The lowest BCUT2D eigenvalue weighted by atomic mass is 10.0. The summed E-state index contributed by atoms with van der Waals surface area (Å²) in [5.41, 5.74) is 0.296. The largest absolute Gasteiger partial charge is 0.480 e. The van der Waals surface area contributed by atoms with Crippen LogP contribution in [0.4, 0.5) is 0 Å². The number of pyridine rings is 1. The fraction of sp³-hybridized carbons (Fsp3) is 0.417. The van der Waals surface area contributed by atoms with Gasteiger partial charge in [0.1, 0.15) is 12.1 Å². The Hall–Kier alpha value is -2.11. The Bertz CT molecular complexity index is 557. The minimum Gasteiger partial charge on any atom is -0.480 e. The molecule has 2 rings (SSSR count). The predicted octanol–water partition coefficient (Wildman–Crippen LogP) is 0.241. The summed E-state index contributed by atoms with van der Waals surface area (Å²) >= 11 is 0. The van der Waals surface area contributed by atoms with E-state index in [0.717, 1.165) is 18.5 Å². The maximum atomic E-state index is 11.7. The second-order valence-electron chi connectivity index (χ2n) is 4.75. The minimum atomic E-state index is -1.15. The Morgan fingerprint density at radius 1 is 1.44 bits per heavy atom. The topological polar surface area (TPSA) is 99.3 Å². The SMILES string of the molecule is CC1(c2ccc(C(=O)NCC(=O)O)c(=O)[nH]2)CC1.